The number of carbonyl (C=O) groups excluding carboxylic acids is 2. The van der Waals surface area contributed by atoms with Gasteiger partial charge in [0.15, 0.2) is 11.5 Å². The van der Waals surface area contributed by atoms with Crippen molar-refractivity contribution >= 4 is 18.0 Å². The minimum absolute atomic E-state index is 0.114. The largest absolute Gasteiger partial charge is 0.490 e. The van der Waals surface area contributed by atoms with Gasteiger partial charge in [0.25, 0.3) is 5.91 Å². The third kappa shape index (κ3) is 3.96. The smallest absolute Gasteiger partial charge is 0.326 e. The van der Waals surface area contributed by atoms with E-state index in [0.29, 0.717) is 30.1 Å². The van der Waals surface area contributed by atoms with Crippen LogP contribution in [-0.4, -0.2) is 25.2 Å². The summed E-state index contributed by atoms with van der Waals surface area (Å²) in [5, 5.41) is 4.60. The molecule has 1 aromatic rings. The fourth-order valence-corrected chi connectivity index (χ4v) is 2.26. The van der Waals surface area contributed by atoms with Crippen LogP contribution in [0.15, 0.2) is 30.5 Å². The van der Waals surface area contributed by atoms with E-state index in [-0.39, 0.29) is 12.3 Å². The Labute approximate surface area is 140 Å². The zero-order chi connectivity index (χ0) is 17.5. The molecule has 1 heterocycles. The summed E-state index contributed by atoms with van der Waals surface area (Å²) in [5.74, 6) is 3.02. The maximum atomic E-state index is 11.7. The van der Waals surface area contributed by atoms with Crippen molar-refractivity contribution in [1.29, 1.82) is 0 Å². The number of imide groups is 1. The van der Waals surface area contributed by atoms with E-state index in [9.17, 15) is 9.59 Å². The van der Waals surface area contributed by atoms with Gasteiger partial charge in [-0.15, -0.1) is 13.0 Å². The second-order valence-electron chi connectivity index (χ2n) is 4.89. The highest BCUT2D eigenvalue weighted by molar-refractivity contribution is 6.14. The van der Waals surface area contributed by atoms with Crippen LogP contribution in [0.1, 0.15) is 18.1 Å². The van der Waals surface area contributed by atoms with E-state index in [0.717, 1.165) is 5.56 Å². The van der Waals surface area contributed by atoms with E-state index in [1.54, 1.807) is 18.2 Å². The van der Waals surface area contributed by atoms with Crippen molar-refractivity contribution in [3.8, 4) is 23.8 Å². The van der Waals surface area contributed by atoms with Crippen LogP contribution in [0.2, 0.25) is 0 Å². The van der Waals surface area contributed by atoms with Crippen LogP contribution in [0.5, 0.6) is 11.5 Å². The van der Waals surface area contributed by atoms with Gasteiger partial charge in [0.2, 0.25) is 0 Å². The zero-order valence-electron chi connectivity index (χ0n) is 13.3. The van der Waals surface area contributed by atoms with E-state index in [2.05, 4.69) is 23.1 Å². The van der Waals surface area contributed by atoms with E-state index >= 15 is 0 Å². The first-order valence-corrected chi connectivity index (χ1v) is 7.40. The fourth-order valence-electron chi connectivity index (χ4n) is 2.26. The number of hydrogen-bond acceptors (Lipinski definition) is 4. The Morgan fingerprint density at radius 2 is 2.08 bits per heavy atom. The van der Waals surface area contributed by atoms with Crippen LogP contribution in [0.4, 0.5) is 4.79 Å². The lowest BCUT2D eigenvalue weighted by molar-refractivity contribution is -0.115. The van der Waals surface area contributed by atoms with Gasteiger partial charge in [0.05, 0.1) is 6.61 Å². The molecule has 0 aliphatic carbocycles. The Morgan fingerprint density at radius 1 is 1.29 bits per heavy atom. The molecule has 1 aliphatic rings. The molecule has 0 unspecified atom stereocenters. The molecule has 3 amide bonds. The highest BCUT2D eigenvalue weighted by atomic mass is 16.5. The summed E-state index contributed by atoms with van der Waals surface area (Å²) in [7, 11) is 0. The first-order chi connectivity index (χ1) is 11.6. The van der Waals surface area contributed by atoms with Crippen molar-refractivity contribution in [2.24, 2.45) is 0 Å². The van der Waals surface area contributed by atoms with Crippen LogP contribution in [0, 0.1) is 12.3 Å². The standard InChI is InChI=1S/C18H18N2O4/c1-4-7-13-9-12(10-14-17(21)20-18(22)19-14)11-15(23-6-3)16(13)24-8-5-2/h2,4,9-11H,1,6-8H2,3H3,(H2,19,20,21,22)/b14-10+. The van der Waals surface area contributed by atoms with Crippen molar-refractivity contribution in [3.63, 3.8) is 0 Å². The number of benzene rings is 1. The third-order valence-corrected chi connectivity index (χ3v) is 3.15. The summed E-state index contributed by atoms with van der Waals surface area (Å²) in [4.78, 5) is 22.9. The van der Waals surface area contributed by atoms with Crippen molar-refractivity contribution in [3.05, 3.63) is 41.6 Å². The van der Waals surface area contributed by atoms with Gasteiger partial charge in [0.1, 0.15) is 12.3 Å². The molecule has 0 aromatic heterocycles. The average molecular weight is 326 g/mol. The number of carbonyl (C=O) groups is 2. The summed E-state index contributed by atoms with van der Waals surface area (Å²) >= 11 is 0. The van der Waals surface area contributed by atoms with Gasteiger partial charge in [-0.3, -0.25) is 10.1 Å². The number of rotatable bonds is 7. The molecular weight excluding hydrogens is 308 g/mol. The summed E-state index contributed by atoms with van der Waals surface area (Å²) in [6, 6.07) is 3.02. The van der Waals surface area contributed by atoms with Crippen molar-refractivity contribution < 1.29 is 19.1 Å². The van der Waals surface area contributed by atoms with Crippen LogP contribution in [0.25, 0.3) is 6.08 Å². The number of amides is 3. The molecule has 0 radical (unpaired) electrons. The van der Waals surface area contributed by atoms with E-state index in [1.807, 2.05) is 13.0 Å². The molecule has 1 saturated heterocycles. The van der Waals surface area contributed by atoms with E-state index in [4.69, 9.17) is 15.9 Å². The zero-order valence-corrected chi connectivity index (χ0v) is 13.3. The van der Waals surface area contributed by atoms with Gasteiger partial charge in [-0.25, -0.2) is 4.79 Å². The minimum atomic E-state index is -0.545. The molecule has 24 heavy (non-hydrogen) atoms. The Bertz CT molecular complexity index is 744. The van der Waals surface area contributed by atoms with Gasteiger partial charge >= 0.3 is 6.03 Å². The number of ether oxygens (including phenoxy) is 2. The average Bonchev–Trinajstić information content (AvgIpc) is 2.85. The summed E-state index contributed by atoms with van der Waals surface area (Å²) in [6.45, 7) is 6.15. The highest BCUT2D eigenvalue weighted by Crippen LogP contribution is 2.34. The lowest BCUT2D eigenvalue weighted by Crippen LogP contribution is -2.22. The summed E-state index contributed by atoms with van der Waals surface area (Å²) in [6.07, 6.45) is 9.10. The lowest BCUT2D eigenvalue weighted by Gasteiger charge is -2.15. The molecule has 124 valence electrons. The Morgan fingerprint density at radius 3 is 2.67 bits per heavy atom. The first kappa shape index (κ1) is 17.2. The van der Waals surface area contributed by atoms with E-state index in [1.165, 1.54) is 0 Å². The second kappa shape index (κ2) is 7.88. The van der Waals surface area contributed by atoms with Crippen LogP contribution in [0.3, 0.4) is 0 Å². The molecule has 2 N–H and O–H groups in total. The van der Waals surface area contributed by atoms with Gasteiger partial charge in [-0.05, 0) is 37.1 Å². The van der Waals surface area contributed by atoms with Crippen LogP contribution in [-0.2, 0) is 11.2 Å². The third-order valence-electron chi connectivity index (χ3n) is 3.15. The SMILES string of the molecule is C#CCOc1c(CC=C)cc(/C=C2/NC(=O)NC2=O)cc1OCC. The van der Waals surface area contributed by atoms with E-state index < -0.39 is 11.9 Å². The summed E-state index contributed by atoms with van der Waals surface area (Å²) < 4.78 is 11.2. The number of hydrogen-bond donors (Lipinski definition) is 2. The molecule has 0 saturated carbocycles. The number of urea groups is 1. The highest BCUT2D eigenvalue weighted by Gasteiger charge is 2.23. The molecule has 0 atom stereocenters. The number of terminal acetylenes is 1. The quantitative estimate of drug-likeness (QED) is 0.348. The first-order valence-electron chi connectivity index (χ1n) is 7.40. The van der Waals surface area contributed by atoms with Crippen molar-refractivity contribution in [2.45, 2.75) is 13.3 Å². The molecule has 0 spiro atoms. The van der Waals surface area contributed by atoms with Crippen LogP contribution < -0.4 is 20.1 Å². The summed E-state index contributed by atoms with van der Waals surface area (Å²) in [5.41, 5.74) is 1.68. The molecule has 2 rings (SSSR count). The molecule has 6 nitrogen and oxygen atoms in total. The lowest BCUT2D eigenvalue weighted by atomic mass is 10.0. The molecule has 1 aromatic carbocycles. The Kier molecular flexibility index (Phi) is 5.63. The Balaban J connectivity index is 2.47. The Hall–Kier alpha value is -3.20. The monoisotopic (exact) mass is 326 g/mol. The molecular formula is C18H18N2O4. The van der Waals surface area contributed by atoms with Gasteiger partial charge in [0, 0.05) is 5.56 Å². The van der Waals surface area contributed by atoms with Gasteiger partial charge < -0.3 is 14.8 Å². The topological polar surface area (TPSA) is 76.7 Å². The fraction of sp³-hybridized carbons (Fsp3) is 0.222. The predicted molar refractivity (Wildman–Crippen MR) is 90.5 cm³/mol. The maximum absolute atomic E-state index is 11.7. The second-order valence-corrected chi connectivity index (χ2v) is 4.89. The maximum Gasteiger partial charge on any atom is 0.326 e. The molecule has 1 aliphatic heterocycles. The normalized spacial score (nSPS) is 14.8. The van der Waals surface area contributed by atoms with Crippen molar-refractivity contribution in [2.75, 3.05) is 13.2 Å². The number of allylic oxidation sites excluding steroid dienone is 1. The predicted octanol–water partition coefficient (Wildman–Crippen LogP) is 2.01. The van der Waals surface area contributed by atoms with Crippen LogP contribution >= 0.6 is 0 Å². The number of nitrogens with one attached hydrogen (secondary N) is 2. The van der Waals surface area contributed by atoms with Gasteiger partial charge in [-0.1, -0.05) is 12.0 Å². The minimum Gasteiger partial charge on any atom is -0.490 e. The molecule has 0 bridgehead atoms. The van der Waals surface area contributed by atoms with Gasteiger partial charge in [-0.2, -0.15) is 0 Å². The molecule has 6 heteroatoms. The van der Waals surface area contributed by atoms with Crippen molar-refractivity contribution in [1.82, 2.24) is 10.6 Å². The molecule has 1 fully saturated rings.